The molecular weight excluding hydrogens is 379 g/mol. The van der Waals surface area contributed by atoms with Crippen LogP contribution in [-0.2, 0) is 0 Å². The first kappa shape index (κ1) is 18.0. The maximum absolute atomic E-state index is 14.7. The van der Waals surface area contributed by atoms with Crippen LogP contribution in [0.3, 0.4) is 0 Å². The maximum atomic E-state index is 14.7. The zero-order valence-electron chi connectivity index (χ0n) is 14.9. The number of amidine groups is 1. The lowest BCUT2D eigenvalue weighted by atomic mass is 10.0. The summed E-state index contributed by atoms with van der Waals surface area (Å²) >= 11 is 6.27. The lowest BCUT2D eigenvalue weighted by Crippen LogP contribution is -2.12. The second-order valence-corrected chi connectivity index (χ2v) is 6.81. The number of aryl methyl sites for hydroxylation is 1. The molecule has 0 bridgehead atoms. The molecule has 7 heteroatoms. The molecule has 4 aromatic rings. The summed E-state index contributed by atoms with van der Waals surface area (Å²) in [6, 6.07) is 16.1. The van der Waals surface area contributed by atoms with Crippen molar-refractivity contribution in [3.8, 4) is 16.8 Å². The van der Waals surface area contributed by atoms with Crippen LogP contribution >= 0.6 is 11.6 Å². The average Bonchev–Trinajstić information content (AvgIpc) is 3.14. The fourth-order valence-corrected chi connectivity index (χ4v) is 3.42. The number of rotatable bonds is 3. The summed E-state index contributed by atoms with van der Waals surface area (Å²) in [6.07, 6.45) is 1.67. The highest BCUT2D eigenvalue weighted by Gasteiger charge is 2.14. The molecule has 0 radical (unpaired) electrons. The molecule has 3 aromatic carbocycles. The zero-order valence-corrected chi connectivity index (χ0v) is 15.7. The molecule has 0 atom stereocenters. The molecule has 0 saturated heterocycles. The molecule has 1 heterocycles. The van der Waals surface area contributed by atoms with E-state index in [0.29, 0.717) is 32.8 Å². The first-order valence-electron chi connectivity index (χ1n) is 8.50. The van der Waals surface area contributed by atoms with Gasteiger partial charge >= 0.3 is 0 Å². The van der Waals surface area contributed by atoms with Crippen molar-refractivity contribution in [2.75, 3.05) is 0 Å². The van der Waals surface area contributed by atoms with Crippen LogP contribution in [0, 0.1) is 12.7 Å². The number of hydrogen-bond acceptors (Lipinski definition) is 3. The standard InChI is InChI=1S/C21H16ClFN4O/c1-12-5-7-16(22)19(20(12)23)13-3-2-4-15(9-13)27-11-25-17-10-14(21(24)26-28)6-8-18(17)27/h2-11,28H,1H3,(H2,24,26). The van der Waals surface area contributed by atoms with E-state index in [2.05, 4.69) is 10.1 Å². The van der Waals surface area contributed by atoms with Crippen LogP contribution in [-0.4, -0.2) is 20.6 Å². The second kappa shape index (κ2) is 6.98. The minimum absolute atomic E-state index is 0.0167. The molecule has 0 unspecified atom stereocenters. The molecule has 0 saturated carbocycles. The Morgan fingerprint density at radius 1 is 1.18 bits per heavy atom. The quantitative estimate of drug-likeness (QED) is 0.225. The van der Waals surface area contributed by atoms with E-state index in [0.717, 1.165) is 11.2 Å². The Morgan fingerprint density at radius 2 is 2.00 bits per heavy atom. The molecule has 0 aliphatic heterocycles. The van der Waals surface area contributed by atoms with E-state index in [1.807, 2.05) is 34.9 Å². The monoisotopic (exact) mass is 394 g/mol. The highest BCUT2D eigenvalue weighted by Crippen LogP contribution is 2.33. The Balaban J connectivity index is 1.84. The first-order chi connectivity index (χ1) is 13.5. The second-order valence-electron chi connectivity index (χ2n) is 6.41. The molecule has 140 valence electrons. The zero-order chi connectivity index (χ0) is 19.8. The number of aromatic nitrogens is 2. The van der Waals surface area contributed by atoms with Crippen molar-refractivity contribution in [3.63, 3.8) is 0 Å². The Morgan fingerprint density at radius 3 is 2.79 bits per heavy atom. The van der Waals surface area contributed by atoms with E-state index in [1.165, 1.54) is 0 Å². The summed E-state index contributed by atoms with van der Waals surface area (Å²) in [5, 5.41) is 12.2. The Kier molecular flexibility index (Phi) is 4.49. The summed E-state index contributed by atoms with van der Waals surface area (Å²) in [5.74, 6) is -0.313. The third-order valence-corrected chi connectivity index (χ3v) is 4.96. The van der Waals surface area contributed by atoms with Gasteiger partial charge in [0.1, 0.15) is 12.1 Å². The van der Waals surface area contributed by atoms with Crippen LogP contribution in [0.15, 0.2) is 66.1 Å². The van der Waals surface area contributed by atoms with Crippen LogP contribution < -0.4 is 5.73 Å². The van der Waals surface area contributed by atoms with E-state index in [4.69, 9.17) is 22.5 Å². The third kappa shape index (κ3) is 2.97. The average molecular weight is 395 g/mol. The Labute approximate surface area is 165 Å². The molecule has 28 heavy (non-hydrogen) atoms. The van der Waals surface area contributed by atoms with Crippen molar-refractivity contribution < 1.29 is 9.60 Å². The van der Waals surface area contributed by atoms with Crippen molar-refractivity contribution in [3.05, 3.63) is 82.9 Å². The van der Waals surface area contributed by atoms with Gasteiger partial charge in [0, 0.05) is 16.8 Å². The number of nitrogens with two attached hydrogens (primary N) is 1. The predicted octanol–water partition coefficient (Wildman–Crippen LogP) is 4.89. The van der Waals surface area contributed by atoms with Gasteiger partial charge in [-0.05, 0) is 54.4 Å². The van der Waals surface area contributed by atoms with Gasteiger partial charge in [-0.1, -0.05) is 35.0 Å². The molecular formula is C21H16ClFN4O. The van der Waals surface area contributed by atoms with E-state index in [1.54, 1.807) is 37.5 Å². The molecule has 0 fully saturated rings. The summed E-state index contributed by atoms with van der Waals surface area (Å²) in [4.78, 5) is 4.39. The lowest BCUT2D eigenvalue weighted by molar-refractivity contribution is 0.318. The van der Waals surface area contributed by atoms with Gasteiger partial charge in [0.25, 0.3) is 0 Å². The number of oxime groups is 1. The van der Waals surface area contributed by atoms with Crippen LogP contribution in [0.2, 0.25) is 5.02 Å². The van der Waals surface area contributed by atoms with E-state index in [-0.39, 0.29) is 11.7 Å². The summed E-state index contributed by atoms with van der Waals surface area (Å²) in [6.45, 7) is 1.71. The maximum Gasteiger partial charge on any atom is 0.170 e. The van der Waals surface area contributed by atoms with Crippen LogP contribution in [0.4, 0.5) is 4.39 Å². The molecule has 0 aliphatic rings. The highest BCUT2D eigenvalue weighted by molar-refractivity contribution is 6.33. The number of benzene rings is 3. The minimum Gasteiger partial charge on any atom is -0.409 e. The molecule has 1 aromatic heterocycles. The normalized spacial score (nSPS) is 11.9. The van der Waals surface area contributed by atoms with Crippen molar-refractivity contribution in [2.24, 2.45) is 10.9 Å². The number of halogens is 2. The van der Waals surface area contributed by atoms with Crippen LogP contribution in [0.1, 0.15) is 11.1 Å². The highest BCUT2D eigenvalue weighted by atomic mass is 35.5. The first-order valence-corrected chi connectivity index (χ1v) is 8.88. The third-order valence-electron chi connectivity index (χ3n) is 4.65. The molecule has 0 amide bonds. The molecule has 5 nitrogen and oxygen atoms in total. The number of imidazole rings is 1. The van der Waals surface area contributed by atoms with Gasteiger partial charge in [0.05, 0.1) is 16.1 Å². The number of hydrogen-bond donors (Lipinski definition) is 2. The van der Waals surface area contributed by atoms with Gasteiger partial charge in [-0.15, -0.1) is 0 Å². The fourth-order valence-electron chi connectivity index (χ4n) is 3.17. The van der Waals surface area contributed by atoms with Crippen LogP contribution in [0.25, 0.3) is 27.8 Å². The smallest absolute Gasteiger partial charge is 0.170 e. The van der Waals surface area contributed by atoms with E-state index >= 15 is 0 Å². The molecule has 0 aliphatic carbocycles. The van der Waals surface area contributed by atoms with Gasteiger partial charge in [-0.2, -0.15) is 0 Å². The molecule has 3 N–H and O–H groups in total. The van der Waals surface area contributed by atoms with Crippen molar-refractivity contribution in [1.29, 1.82) is 0 Å². The fraction of sp³-hybridized carbons (Fsp3) is 0.0476. The van der Waals surface area contributed by atoms with Gasteiger partial charge in [0.2, 0.25) is 0 Å². The summed E-state index contributed by atoms with van der Waals surface area (Å²) in [7, 11) is 0. The van der Waals surface area contributed by atoms with E-state index < -0.39 is 0 Å². The topological polar surface area (TPSA) is 76.4 Å². The summed E-state index contributed by atoms with van der Waals surface area (Å²) in [5.41, 5.74) is 10.1. The van der Waals surface area contributed by atoms with Crippen molar-refractivity contribution in [1.82, 2.24) is 9.55 Å². The van der Waals surface area contributed by atoms with Gasteiger partial charge in [-0.3, -0.25) is 4.57 Å². The number of fused-ring (bicyclic) bond motifs is 1. The SMILES string of the molecule is Cc1ccc(Cl)c(-c2cccc(-n3cnc4cc(C(N)=NO)ccc43)c2)c1F. The van der Waals surface area contributed by atoms with Gasteiger partial charge in [-0.25, -0.2) is 9.37 Å². The van der Waals surface area contributed by atoms with Crippen molar-refractivity contribution in [2.45, 2.75) is 6.92 Å². The minimum atomic E-state index is -0.330. The van der Waals surface area contributed by atoms with Gasteiger partial charge in [0.15, 0.2) is 5.84 Å². The Bertz CT molecular complexity index is 1230. The van der Waals surface area contributed by atoms with Crippen molar-refractivity contribution >= 4 is 28.5 Å². The molecule has 4 rings (SSSR count). The van der Waals surface area contributed by atoms with Crippen LogP contribution in [0.5, 0.6) is 0 Å². The molecule has 0 spiro atoms. The summed E-state index contributed by atoms with van der Waals surface area (Å²) < 4.78 is 16.6. The predicted molar refractivity (Wildman–Crippen MR) is 109 cm³/mol. The number of nitrogens with zero attached hydrogens (tertiary/aromatic N) is 3. The lowest BCUT2D eigenvalue weighted by Gasteiger charge is -2.11. The Hall–Kier alpha value is -3.38. The largest absolute Gasteiger partial charge is 0.409 e. The van der Waals surface area contributed by atoms with Gasteiger partial charge < -0.3 is 10.9 Å². The van der Waals surface area contributed by atoms with E-state index in [9.17, 15) is 4.39 Å².